The summed E-state index contributed by atoms with van der Waals surface area (Å²) in [5, 5.41) is 21.9. The number of aliphatic hydroxyl groups excluding tert-OH is 1. The molecule has 3 unspecified atom stereocenters. The molecule has 0 spiro atoms. The average molecular weight is 892 g/mol. The van der Waals surface area contributed by atoms with Gasteiger partial charge in [0.1, 0.15) is 12.7 Å². The Morgan fingerprint density at radius 1 is 0.532 bits per heavy atom. The molecule has 0 rings (SSSR count). The van der Waals surface area contributed by atoms with E-state index in [2.05, 4.69) is 92.1 Å². The standard InChI is InChI=1S/C50H86NO10P/c1-3-5-7-9-11-13-15-17-19-20-21-22-23-24-25-26-28-30-32-34-36-38-40-42-49(54)59-43-46(52)44-60-62(57,58)61-45-47(50(55)56)51-48(53)41-39-37-35-33-31-29-27-18-16-14-12-10-8-6-4-2/h5,7,11,13,17-19,21-22,24-25,27,46-47,52H,3-4,6,8-10,12,14-16,20,23,26,28-45H2,1-2H3,(H,51,53)(H,55,56)(H,57,58)/b7-5-,13-11-,19-17-,22-21-,25-24-,27-18-. The van der Waals surface area contributed by atoms with Gasteiger partial charge in [0.05, 0.1) is 13.2 Å². The summed E-state index contributed by atoms with van der Waals surface area (Å²) in [5.41, 5.74) is 0. The smallest absolute Gasteiger partial charge is 0.472 e. The van der Waals surface area contributed by atoms with Crippen molar-refractivity contribution in [3.63, 3.8) is 0 Å². The first-order valence-corrected chi connectivity index (χ1v) is 25.5. The zero-order chi connectivity index (χ0) is 45.6. The summed E-state index contributed by atoms with van der Waals surface area (Å²) in [5.74, 6) is -2.40. The lowest BCUT2D eigenvalue weighted by Gasteiger charge is -2.18. The van der Waals surface area contributed by atoms with Crippen LogP contribution in [0.2, 0.25) is 0 Å². The van der Waals surface area contributed by atoms with Gasteiger partial charge in [-0.2, -0.15) is 0 Å². The Labute approximate surface area is 376 Å². The van der Waals surface area contributed by atoms with Gasteiger partial charge in [0, 0.05) is 12.8 Å². The van der Waals surface area contributed by atoms with Crippen molar-refractivity contribution in [2.24, 2.45) is 0 Å². The Morgan fingerprint density at radius 3 is 1.42 bits per heavy atom. The molecule has 62 heavy (non-hydrogen) atoms. The number of esters is 1. The highest BCUT2D eigenvalue weighted by Crippen LogP contribution is 2.43. The Bertz CT molecular complexity index is 1320. The topological polar surface area (TPSA) is 169 Å². The van der Waals surface area contributed by atoms with E-state index in [0.717, 1.165) is 103 Å². The van der Waals surface area contributed by atoms with E-state index < -0.39 is 57.6 Å². The molecule has 12 heteroatoms. The third kappa shape index (κ3) is 43.6. The molecule has 0 aliphatic carbocycles. The molecule has 356 valence electrons. The monoisotopic (exact) mass is 892 g/mol. The lowest BCUT2D eigenvalue weighted by atomic mass is 10.1. The van der Waals surface area contributed by atoms with Crippen LogP contribution >= 0.6 is 7.82 Å². The fraction of sp³-hybridized carbons (Fsp3) is 0.700. The first-order valence-electron chi connectivity index (χ1n) is 24.0. The van der Waals surface area contributed by atoms with Gasteiger partial charge in [0.25, 0.3) is 0 Å². The molecule has 0 heterocycles. The van der Waals surface area contributed by atoms with E-state index in [0.29, 0.717) is 12.8 Å². The molecule has 3 atom stereocenters. The SMILES string of the molecule is CC/C=C\C/C=C\C/C=C\C/C=C\C/C=C\CCCCCCCCCC(=O)OCC(O)COP(=O)(O)OCC(NC(=O)CCCCCCC/C=C\CCCCCCCC)C(=O)O. The van der Waals surface area contributed by atoms with Crippen LogP contribution in [-0.2, 0) is 32.7 Å². The molecule has 11 nitrogen and oxygen atoms in total. The van der Waals surface area contributed by atoms with Crippen molar-refractivity contribution in [1.29, 1.82) is 0 Å². The summed E-state index contributed by atoms with van der Waals surface area (Å²) in [6.45, 7) is 2.46. The maximum Gasteiger partial charge on any atom is 0.472 e. The number of ether oxygens (including phenoxy) is 1. The number of phosphoric acid groups is 1. The Kier molecular flexibility index (Phi) is 42.3. The van der Waals surface area contributed by atoms with E-state index in [-0.39, 0.29) is 12.8 Å². The molecule has 0 fully saturated rings. The number of phosphoric ester groups is 1. The van der Waals surface area contributed by atoms with Crippen LogP contribution in [0.3, 0.4) is 0 Å². The zero-order valence-corrected chi connectivity index (χ0v) is 39.5. The molecule has 0 aromatic carbocycles. The van der Waals surface area contributed by atoms with E-state index in [4.69, 9.17) is 13.8 Å². The lowest BCUT2D eigenvalue weighted by molar-refractivity contribution is -0.147. The third-order valence-electron chi connectivity index (χ3n) is 9.98. The van der Waals surface area contributed by atoms with Crippen LogP contribution in [0.5, 0.6) is 0 Å². The van der Waals surface area contributed by atoms with Crippen molar-refractivity contribution < 1.29 is 47.8 Å². The molecule has 0 saturated carbocycles. The molecular formula is C50H86NO10P. The van der Waals surface area contributed by atoms with Gasteiger partial charge in [0.2, 0.25) is 5.91 Å². The Morgan fingerprint density at radius 2 is 0.935 bits per heavy atom. The number of allylic oxidation sites excluding steroid dienone is 12. The van der Waals surface area contributed by atoms with Crippen molar-refractivity contribution >= 4 is 25.7 Å². The number of carbonyl (C=O) groups is 3. The van der Waals surface area contributed by atoms with Gasteiger partial charge >= 0.3 is 19.8 Å². The highest BCUT2D eigenvalue weighted by atomic mass is 31.2. The second-order valence-electron chi connectivity index (χ2n) is 15.9. The van der Waals surface area contributed by atoms with Crippen molar-refractivity contribution in [3.8, 4) is 0 Å². The Hall–Kier alpha value is -3.08. The van der Waals surface area contributed by atoms with Crippen LogP contribution in [-0.4, -0.2) is 64.9 Å². The lowest BCUT2D eigenvalue weighted by Crippen LogP contribution is -2.43. The van der Waals surface area contributed by atoms with Gasteiger partial charge in [-0.1, -0.05) is 170 Å². The predicted molar refractivity (Wildman–Crippen MR) is 254 cm³/mol. The quantitative estimate of drug-likeness (QED) is 0.0200. The minimum atomic E-state index is -4.77. The van der Waals surface area contributed by atoms with Crippen LogP contribution in [0.1, 0.15) is 194 Å². The number of aliphatic carboxylic acids is 1. The normalized spacial score (nSPS) is 14.3. The predicted octanol–water partition coefficient (Wildman–Crippen LogP) is 12.9. The maximum absolute atomic E-state index is 12.3. The van der Waals surface area contributed by atoms with Crippen molar-refractivity contribution in [1.82, 2.24) is 5.32 Å². The number of carboxylic acids is 1. The van der Waals surface area contributed by atoms with E-state index >= 15 is 0 Å². The molecule has 0 bridgehead atoms. The number of rotatable bonds is 44. The van der Waals surface area contributed by atoms with Crippen LogP contribution in [0.15, 0.2) is 72.9 Å². The van der Waals surface area contributed by atoms with Crippen molar-refractivity contribution in [3.05, 3.63) is 72.9 Å². The molecule has 4 N–H and O–H groups in total. The first-order chi connectivity index (χ1) is 30.1. The second kappa shape index (κ2) is 44.5. The molecule has 0 aromatic heterocycles. The largest absolute Gasteiger partial charge is 0.480 e. The summed E-state index contributed by atoms with van der Waals surface area (Å²) in [7, 11) is -4.77. The van der Waals surface area contributed by atoms with Crippen LogP contribution in [0.4, 0.5) is 0 Å². The van der Waals surface area contributed by atoms with Crippen LogP contribution in [0.25, 0.3) is 0 Å². The highest BCUT2D eigenvalue weighted by molar-refractivity contribution is 7.47. The second-order valence-corrected chi connectivity index (χ2v) is 17.4. The first kappa shape index (κ1) is 58.9. The molecule has 0 saturated heterocycles. The summed E-state index contributed by atoms with van der Waals surface area (Å²) in [6.07, 6.45) is 53.5. The summed E-state index contributed by atoms with van der Waals surface area (Å²) in [4.78, 5) is 46.0. The molecular weight excluding hydrogens is 806 g/mol. The minimum absolute atomic E-state index is 0.133. The van der Waals surface area contributed by atoms with E-state index in [1.54, 1.807) is 0 Å². The zero-order valence-electron chi connectivity index (χ0n) is 38.6. The van der Waals surface area contributed by atoms with Gasteiger partial charge in [0.15, 0.2) is 6.04 Å². The van der Waals surface area contributed by atoms with Crippen molar-refractivity contribution in [2.45, 2.75) is 206 Å². The summed E-state index contributed by atoms with van der Waals surface area (Å²) in [6, 6.07) is -1.55. The number of carboxylic acid groups (broad SMARTS) is 1. The van der Waals surface area contributed by atoms with Gasteiger partial charge in [-0.3, -0.25) is 18.6 Å². The number of aliphatic hydroxyl groups is 1. The number of hydrogen-bond donors (Lipinski definition) is 4. The number of hydrogen-bond acceptors (Lipinski definition) is 8. The van der Waals surface area contributed by atoms with Gasteiger partial charge in [-0.05, 0) is 83.5 Å². The van der Waals surface area contributed by atoms with E-state index in [1.165, 1.54) is 51.4 Å². The number of nitrogens with one attached hydrogen (secondary N) is 1. The number of carbonyl (C=O) groups excluding carboxylic acids is 2. The number of amides is 1. The number of unbranched alkanes of at least 4 members (excludes halogenated alkanes) is 18. The summed E-state index contributed by atoms with van der Waals surface area (Å²) < 4.78 is 26.9. The summed E-state index contributed by atoms with van der Waals surface area (Å²) >= 11 is 0. The Balaban J connectivity index is 3.89. The fourth-order valence-corrected chi connectivity index (χ4v) is 7.05. The highest BCUT2D eigenvalue weighted by Gasteiger charge is 2.28. The van der Waals surface area contributed by atoms with E-state index in [9.17, 15) is 34.1 Å². The van der Waals surface area contributed by atoms with Crippen molar-refractivity contribution in [2.75, 3.05) is 19.8 Å². The molecule has 0 radical (unpaired) electrons. The third-order valence-corrected chi connectivity index (χ3v) is 10.9. The van der Waals surface area contributed by atoms with Gasteiger partial charge in [-0.15, -0.1) is 0 Å². The minimum Gasteiger partial charge on any atom is -0.480 e. The molecule has 1 amide bonds. The van der Waals surface area contributed by atoms with Gasteiger partial charge < -0.3 is 25.2 Å². The average Bonchev–Trinajstić information content (AvgIpc) is 3.25. The molecule has 0 aliphatic rings. The van der Waals surface area contributed by atoms with E-state index in [1.807, 2.05) is 0 Å². The van der Waals surface area contributed by atoms with Crippen LogP contribution in [0, 0.1) is 0 Å². The molecule has 0 aromatic rings. The molecule has 0 aliphatic heterocycles. The fourth-order valence-electron chi connectivity index (χ4n) is 6.28. The maximum atomic E-state index is 12.3. The van der Waals surface area contributed by atoms with Crippen LogP contribution < -0.4 is 5.32 Å². The van der Waals surface area contributed by atoms with Gasteiger partial charge in [-0.25, -0.2) is 9.36 Å².